The van der Waals surface area contributed by atoms with E-state index < -0.39 is 5.60 Å². The highest BCUT2D eigenvalue weighted by atomic mass is 16.6. The Balaban J connectivity index is 1.66. The molecule has 0 atom stereocenters. The lowest BCUT2D eigenvalue weighted by molar-refractivity contribution is 0.0145. The van der Waals surface area contributed by atoms with E-state index >= 15 is 0 Å². The molecule has 0 bridgehead atoms. The molecule has 0 unspecified atom stereocenters. The summed E-state index contributed by atoms with van der Waals surface area (Å²) in [6, 6.07) is 10.6. The zero-order valence-corrected chi connectivity index (χ0v) is 14.0. The normalized spacial score (nSPS) is 16.6. The van der Waals surface area contributed by atoms with Gasteiger partial charge in [0.15, 0.2) is 0 Å². The number of ether oxygens (including phenoxy) is 1. The van der Waals surface area contributed by atoms with Crippen molar-refractivity contribution in [1.82, 2.24) is 9.80 Å². The third-order valence-corrected chi connectivity index (χ3v) is 3.81. The first kappa shape index (κ1) is 16.8. The van der Waals surface area contributed by atoms with Crippen LogP contribution in [0.5, 0.6) is 0 Å². The molecule has 0 aromatic heterocycles. The van der Waals surface area contributed by atoms with Crippen LogP contribution >= 0.6 is 0 Å². The van der Waals surface area contributed by atoms with Crippen LogP contribution in [0.25, 0.3) is 0 Å². The lowest BCUT2D eigenvalue weighted by atomic mass is 10.1. The van der Waals surface area contributed by atoms with Crippen molar-refractivity contribution in [3.05, 3.63) is 35.9 Å². The first-order chi connectivity index (χ1) is 10.4. The van der Waals surface area contributed by atoms with Gasteiger partial charge in [-0.25, -0.2) is 4.79 Å². The van der Waals surface area contributed by atoms with Gasteiger partial charge in [-0.05, 0) is 45.7 Å². The molecule has 22 heavy (non-hydrogen) atoms. The molecule has 1 aromatic rings. The summed E-state index contributed by atoms with van der Waals surface area (Å²) < 4.78 is 5.42. The van der Waals surface area contributed by atoms with Gasteiger partial charge in [-0.15, -0.1) is 0 Å². The van der Waals surface area contributed by atoms with Crippen LogP contribution in [0.4, 0.5) is 4.79 Å². The molecule has 122 valence electrons. The fourth-order valence-corrected chi connectivity index (χ4v) is 2.63. The van der Waals surface area contributed by atoms with E-state index in [1.807, 2.05) is 25.7 Å². The molecule has 0 aliphatic carbocycles. The summed E-state index contributed by atoms with van der Waals surface area (Å²) >= 11 is 0. The number of nitrogens with zero attached hydrogens (tertiary/aromatic N) is 2. The summed E-state index contributed by atoms with van der Waals surface area (Å²) in [5.74, 6) is 0. The van der Waals surface area contributed by atoms with E-state index in [9.17, 15) is 4.79 Å². The largest absolute Gasteiger partial charge is 0.444 e. The Morgan fingerprint density at radius 2 is 1.73 bits per heavy atom. The summed E-state index contributed by atoms with van der Waals surface area (Å²) in [7, 11) is 0. The van der Waals surface area contributed by atoms with Gasteiger partial charge in [0, 0.05) is 26.2 Å². The predicted octanol–water partition coefficient (Wildman–Crippen LogP) is 3.17. The second kappa shape index (κ2) is 7.63. The highest BCUT2D eigenvalue weighted by Crippen LogP contribution is 2.12. The lowest BCUT2D eigenvalue weighted by Crippen LogP contribution is -2.50. The number of rotatable bonds is 4. The zero-order chi connectivity index (χ0) is 16.0. The highest BCUT2D eigenvalue weighted by Gasteiger charge is 2.25. The second-order valence-corrected chi connectivity index (χ2v) is 6.90. The van der Waals surface area contributed by atoms with Crippen molar-refractivity contribution in [3.63, 3.8) is 0 Å². The van der Waals surface area contributed by atoms with E-state index in [4.69, 9.17) is 4.74 Å². The van der Waals surface area contributed by atoms with Gasteiger partial charge in [0.2, 0.25) is 0 Å². The lowest BCUT2D eigenvalue weighted by Gasteiger charge is -2.35. The third-order valence-electron chi connectivity index (χ3n) is 3.81. The minimum atomic E-state index is -0.413. The number of aryl methyl sites for hydroxylation is 1. The maximum Gasteiger partial charge on any atom is 0.410 e. The van der Waals surface area contributed by atoms with Gasteiger partial charge in [0.25, 0.3) is 0 Å². The molecule has 1 amide bonds. The van der Waals surface area contributed by atoms with E-state index in [0.29, 0.717) is 0 Å². The molecule has 0 saturated carbocycles. The van der Waals surface area contributed by atoms with E-state index in [1.165, 1.54) is 5.56 Å². The van der Waals surface area contributed by atoms with Crippen LogP contribution in [-0.2, 0) is 11.2 Å². The summed E-state index contributed by atoms with van der Waals surface area (Å²) in [6.45, 7) is 10.2. The summed E-state index contributed by atoms with van der Waals surface area (Å²) in [5.41, 5.74) is 0.985. The Morgan fingerprint density at radius 1 is 1.09 bits per heavy atom. The molecule has 0 radical (unpaired) electrons. The van der Waals surface area contributed by atoms with Crippen LogP contribution in [0.15, 0.2) is 30.3 Å². The van der Waals surface area contributed by atoms with Gasteiger partial charge >= 0.3 is 6.09 Å². The van der Waals surface area contributed by atoms with Crippen molar-refractivity contribution >= 4 is 6.09 Å². The number of hydrogen-bond donors (Lipinski definition) is 0. The topological polar surface area (TPSA) is 32.8 Å². The molecule has 1 aliphatic rings. The molecule has 0 N–H and O–H groups in total. The van der Waals surface area contributed by atoms with Crippen molar-refractivity contribution < 1.29 is 9.53 Å². The predicted molar refractivity (Wildman–Crippen MR) is 89.0 cm³/mol. The quantitative estimate of drug-likeness (QED) is 0.856. The number of benzene rings is 1. The molecule has 1 fully saturated rings. The number of carbonyl (C=O) groups is 1. The van der Waals surface area contributed by atoms with E-state index in [-0.39, 0.29) is 6.09 Å². The Bertz CT molecular complexity index is 460. The number of hydrogen-bond acceptors (Lipinski definition) is 3. The summed E-state index contributed by atoms with van der Waals surface area (Å²) in [5, 5.41) is 0. The molecule has 1 aliphatic heterocycles. The molecule has 4 heteroatoms. The van der Waals surface area contributed by atoms with Crippen LogP contribution in [0, 0.1) is 0 Å². The van der Waals surface area contributed by atoms with Gasteiger partial charge in [0.05, 0.1) is 0 Å². The Morgan fingerprint density at radius 3 is 2.32 bits per heavy atom. The van der Waals surface area contributed by atoms with Crippen LogP contribution in [0.3, 0.4) is 0 Å². The third kappa shape index (κ3) is 5.68. The summed E-state index contributed by atoms with van der Waals surface area (Å²) in [4.78, 5) is 16.3. The Hall–Kier alpha value is -1.55. The van der Waals surface area contributed by atoms with Gasteiger partial charge in [0.1, 0.15) is 5.60 Å². The Kier molecular flexibility index (Phi) is 5.83. The first-order valence-electron chi connectivity index (χ1n) is 8.18. The monoisotopic (exact) mass is 304 g/mol. The Labute approximate surface area is 134 Å². The molecule has 1 aromatic carbocycles. The van der Waals surface area contributed by atoms with Crippen molar-refractivity contribution in [2.45, 2.75) is 39.2 Å². The average molecular weight is 304 g/mol. The van der Waals surface area contributed by atoms with E-state index in [0.717, 1.165) is 45.6 Å². The standard InChI is InChI=1S/C18H28N2O2/c1-18(2,3)22-17(21)20-14-12-19(13-15-20)11-7-10-16-8-5-4-6-9-16/h4-6,8-9H,7,10-15H2,1-3H3. The van der Waals surface area contributed by atoms with Crippen LogP contribution < -0.4 is 0 Å². The van der Waals surface area contributed by atoms with Crippen LogP contribution in [0.1, 0.15) is 32.8 Å². The fourth-order valence-electron chi connectivity index (χ4n) is 2.63. The smallest absolute Gasteiger partial charge is 0.410 e. The molecule has 2 rings (SSSR count). The SMILES string of the molecule is CC(C)(C)OC(=O)N1CCN(CCCc2ccccc2)CC1. The van der Waals surface area contributed by atoms with Crippen LogP contribution in [0.2, 0.25) is 0 Å². The van der Waals surface area contributed by atoms with Gasteiger partial charge in [-0.2, -0.15) is 0 Å². The van der Waals surface area contributed by atoms with Crippen molar-refractivity contribution in [3.8, 4) is 0 Å². The molecule has 1 saturated heterocycles. The minimum absolute atomic E-state index is 0.184. The minimum Gasteiger partial charge on any atom is -0.444 e. The van der Waals surface area contributed by atoms with Crippen LogP contribution in [-0.4, -0.2) is 54.2 Å². The second-order valence-electron chi connectivity index (χ2n) is 6.90. The van der Waals surface area contributed by atoms with Gasteiger partial charge < -0.3 is 9.64 Å². The summed E-state index contributed by atoms with van der Waals surface area (Å²) in [6.07, 6.45) is 2.10. The maximum absolute atomic E-state index is 12.0. The van der Waals surface area contributed by atoms with E-state index in [2.05, 4.69) is 35.2 Å². The molecular formula is C18H28N2O2. The van der Waals surface area contributed by atoms with Crippen molar-refractivity contribution in [2.75, 3.05) is 32.7 Å². The molecule has 1 heterocycles. The number of piperazine rings is 1. The molecular weight excluding hydrogens is 276 g/mol. The number of amides is 1. The van der Waals surface area contributed by atoms with Gasteiger partial charge in [-0.1, -0.05) is 30.3 Å². The molecule has 0 spiro atoms. The first-order valence-corrected chi connectivity index (χ1v) is 8.18. The average Bonchev–Trinajstić information content (AvgIpc) is 2.47. The van der Waals surface area contributed by atoms with Crippen molar-refractivity contribution in [2.24, 2.45) is 0 Å². The maximum atomic E-state index is 12.0. The van der Waals surface area contributed by atoms with Crippen molar-refractivity contribution in [1.29, 1.82) is 0 Å². The van der Waals surface area contributed by atoms with Gasteiger partial charge in [-0.3, -0.25) is 4.90 Å². The highest BCUT2D eigenvalue weighted by molar-refractivity contribution is 5.68. The van der Waals surface area contributed by atoms with E-state index in [1.54, 1.807) is 0 Å². The zero-order valence-electron chi connectivity index (χ0n) is 14.0. The fraction of sp³-hybridized carbons (Fsp3) is 0.611. The molecule has 4 nitrogen and oxygen atoms in total. The number of carbonyl (C=O) groups excluding carboxylic acids is 1.